The number of aryl methyl sites for hydroxylation is 1. The number of aromatic nitrogens is 6. The Morgan fingerprint density at radius 3 is 3.00 bits per heavy atom. The van der Waals surface area contributed by atoms with E-state index >= 15 is 0 Å². The van der Waals surface area contributed by atoms with Crippen LogP contribution in [0.5, 0.6) is 0 Å². The summed E-state index contributed by atoms with van der Waals surface area (Å²) in [6.07, 6.45) is 3.89. The zero-order chi connectivity index (χ0) is 12.5. The second-order valence-corrected chi connectivity index (χ2v) is 4.17. The number of hydrogen-bond acceptors (Lipinski definition) is 6. The molecule has 2 N–H and O–H groups in total. The van der Waals surface area contributed by atoms with Gasteiger partial charge in [-0.25, -0.2) is 9.97 Å². The van der Waals surface area contributed by atoms with E-state index in [4.69, 9.17) is 5.73 Å². The smallest absolute Gasteiger partial charge is 0.206 e. The number of nitrogen functional groups attached to an aromatic ring is 1. The van der Waals surface area contributed by atoms with Gasteiger partial charge in [0.2, 0.25) is 5.65 Å². The molecule has 0 fully saturated rings. The fraction of sp³-hybridized carbons (Fsp3) is 0.364. The molecule has 0 saturated carbocycles. The molecule has 0 radical (unpaired) electrons. The first-order valence-electron chi connectivity index (χ1n) is 5.90. The van der Waals surface area contributed by atoms with Gasteiger partial charge in [-0.3, -0.25) is 0 Å². The number of anilines is 1. The van der Waals surface area contributed by atoms with Crippen LogP contribution in [0.15, 0.2) is 12.4 Å². The summed E-state index contributed by atoms with van der Waals surface area (Å²) in [5.74, 6) is 0.658. The average molecular weight is 243 g/mol. The molecule has 3 heterocycles. The van der Waals surface area contributed by atoms with Crippen LogP contribution in [0.3, 0.4) is 0 Å². The summed E-state index contributed by atoms with van der Waals surface area (Å²) in [4.78, 5) is 8.58. The Labute approximate surface area is 103 Å². The first-order chi connectivity index (χ1) is 8.79. The van der Waals surface area contributed by atoms with Gasteiger partial charge in [0.05, 0.1) is 11.7 Å². The molecule has 3 rings (SSSR count). The van der Waals surface area contributed by atoms with Gasteiger partial charge in [0.15, 0.2) is 5.65 Å². The predicted molar refractivity (Wildman–Crippen MR) is 67.7 cm³/mol. The molecule has 92 valence electrons. The summed E-state index contributed by atoms with van der Waals surface area (Å²) in [7, 11) is 0. The van der Waals surface area contributed by atoms with Crippen molar-refractivity contribution in [2.24, 2.45) is 0 Å². The molecule has 0 spiro atoms. The van der Waals surface area contributed by atoms with Crippen LogP contribution >= 0.6 is 0 Å². The van der Waals surface area contributed by atoms with Crippen LogP contribution in [-0.2, 0) is 6.54 Å². The van der Waals surface area contributed by atoms with Crippen molar-refractivity contribution in [3.05, 3.63) is 12.4 Å². The molecule has 18 heavy (non-hydrogen) atoms. The fourth-order valence-electron chi connectivity index (χ4n) is 1.88. The molecule has 7 nitrogen and oxygen atoms in total. The zero-order valence-electron chi connectivity index (χ0n) is 10.0. The Kier molecular flexibility index (Phi) is 2.51. The summed E-state index contributed by atoms with van der Waals surface area (Å²) in [5, 5.41) is 12.1. The maximum Gasteiger partial charge on any atom is 0.206 e. The minimum Gasteiger partial charge on any atom is -0.384 e. The topological polar surface area (TPSA) is 95.4 Å². The van der Waals surface area contributed by atoms with Gasteiger partial charge in [-0.15, -0.1) is 10.2 Å². The molecule has 0 aliphatic rings. The van der Waals surface area contributed by atoms with E-state index < -0.39 is 0 Å². The highest BCUT2D eigenvalue weighted by Crippen LogP contribution is 2.20. The van der Waals surface area contributed by atoms with Gasteiger partial charge in [-0.1, -0.05) is 13.3 Å². The quantitative estimate of drug-likeness (QED) is 0.741. The van der Waals surface area contributed by atoms with Crippen LogP contribution in [-0.4, -0.2) is 29.9 Å². The van der Waals surface area contributed by atoms with Gasteiger partial charge < -0.3 is 10.3 Å². The molecule has 0 aliphatic heterocycles. The first-order valence-corrected chi connectivity index (χ1v) is 5.90. The number of fused-ring (bicyclic) bond motifs is 2. The summed E-state index contributed by atoms with van der Waals surface area (Å²) >= 11 is 0. The van der Waals surface area contributed by atoms with E-state index in [1.165, 1.54) is 0 Å². The summed E-state index contributed by atoms with van der Waals surface area (Å²) in [5.41, 5.74) is 7.86. The van der Waals surface area contributed by atoms with E-state index in [1.54, 1.807) is 6.33 Å². The lowest BCUT2D eigenvalue weighted by Gasteiger charge is -2.11. The number of nitrogens with zero attached hydrogens (tertiary/aromatic N) is 6. The largest absolute Gasteiger partial charge is 0.384 e. The van der Waals surface area contributed by atoms with Gasteiger partial charge in [0.25, 0.3) is 0 Å². The van der Waals surface area contributed by atoms with E-state index in [9.17, 15) is 0 Å². The van der Waals surface area contributed by atoms with Gasteiger partial charge in [-0.2, -0.15) is 0 Å². The average Bonchev–Trinajstić information content (AvgIpc) is 2.83. The number of hydrogen-bond donors (Lipinski definition) is 1. The van der Waals surface area contributed by atoms with Crippen LogP contribution in [0.2, 0.25) is 0 Å². The molecular weight excluding hydrogens is 230 g/mol. The summed E-state index contributed by atoms with van der Waals surface area (Å²) < 4.78 is 1.93. The Hall–Kier alpha value is -2.31. The van der Waals surface area contributed by atoms with Crippen molar-refractivity contribution in [1.82, 2.24) is 29.9 Å². The van der Waals surface area contributed by atoms with Gasteiger partial charge in [-0.05, 0) is 17.7 Å². The van der Waals surface area contributed by atoms with Crippen LogP contribution in [0.4, 0.5) is 5.82 Å². The van der Waals surface area contributed by atoms with Crippen molar-refractivity contribution in [2.75, 3.05) is 5.73 Å². The van der Waals surface area contributed by atoms with Crippen molar-refractivity contribution >= 4 is 28.0 Å². The molecular formula is C11H13N7. The third-order valence-corrected chi connectivity index (χ3v) is 2.91. The number of nitrogens with two attached hydrogens (primary N) is 1. The van der Waals surface area contributed by atoms with Crippen LogP contribution in [0, 0.1) is 0 Å². The van der Waals surface area contributed by atoms with Gasteiger partial charge in [0, 0.05) is 6.54 Å². The SMILES string of the molecule is CCCCn1cnc2nc3nnnc3cc2c1N. The summed E-state index contributed by atoms with van der Waals surface area (Å²) in [6, 6.07) is 1.84. The second kappa shape index (κ2) is 4.17. The highest BCUT2D eigenvalue weighted by atomic mass is 15.3. The lowest BCUT2D eigenvalue weighted by Crippen LogP contribution is -2.08. The van der Waals surface area contributed by atoms with Crippen molar-refractivity contribution in [3.8, 4) is 0 Å². The summed E-state index contributed by atoms with van der Waals surface area (Å²) in [6.45, 7) is 3.00. The molecule has 0 bridgehead atoms. The monoisotopic (exact) mass is 243 g/mol. The normalized spacial score (nSPS) is 11.4. The lowest BCUT2D eigenvalue weighted by atomic mass is 10.3. The maximum atomic E-state index is 6.13. The maximum absolute atomic E-state index is 6.13. The molecule has 3 aromatic rings. The third kappa shape index (κ3) is 1.64. The van der Waals surface area contributed by atoms with Crippen LogP contribution in [0.25, 0.3) is 22.2 Å². The molecule has 3 aromatic heterocycles. The highest BCUT2D eigenvalue weighted by molar-refractivity contribution is 5.92. The van der Waals surface area contributed by atoms with Gasteiger partial charge >= 0.3 is 0 Å². The number of rotatable bonds is 3. The molecule has 7 heteroatoms. The fourth-order valence-corrected chi connectivity index (χ4v) is 1.88. The number of pyridine rings is 1. The molecule has 0 aromatic carbocycles. The van der Waals surface area contributed by atoms with E-state index in [1.807, 2.05) is 10.6 Å². The Morgan fingerprint density at radius 2 is 2.17 bits per heavy atom. The van der Waals surface area contributed by atoms with Crippen molar-refractivity contribution in [1.29, 1.82) is 0 Å². The molecule has 0 saturated heterocycles. The zero-order valence-corrected chi connectivity index (χ0v) is 10.0. The molecule has 0 aliphatic carbocycles. The third-order valence-electron chi connectivity index (χ3n) is 2.91. The van der Waals surface area contributed by atoms with Crippen molar-refractivity contribution in [3.63, 3.8) is 0 Å². The van der Waals surface area contributed by atoms with E-state index in [0.29, 0.717) is 22.6 Å². The van der Waals surface area contributed by atoms with Gasteiger partial charge in [0.1, 0.15) is 11.3 Å². The van der Waals surface area contributed by atoms with Crippen LogP contribution in [0.1, 0.15) is 19.8 Å². The minimum atomic E-state index is 0.501. The van der Waals surface area contributed by atoms with E-state index in [-0.39, 0.29) is 0 Å². The predicted octanol–water partition coefficient (Wildman–Crippen LogP) is 1.15. The van der Waals surface area contributed by atoms with Crippen molar-refractivity contribution < 1.29 is 0 Å². The van der Waals surface area contributed by atoms with Crippen molar-refractivity contribution in [2.45, 2.75) is 26.3 Å². The molecule has 0 amide bonds. The van der Waals surface area contributed by atoms with Crippen LogP contribution < -0.4 is 5.73 Å². The molecule has 0 unspecified atom stereocenters. The highest BCUT2D eigenvalue weighted by Gasteiger charge is 2.09. The second-order valence-electron chi connectivity index (χ2n) is 4.17. The Bertz CT molecular complexity index is 703. The Morgan fingerprint density at radius 1 is 1.28 bits per heavy atom. The first kappa shape index (κ1) is 10.8. The van der Waals surface area contributed by atoms with E-state index in [0.717, 1.165) is 24.8 Å². The van der Waals surface area contributed by atoms with E-state index in [2.05, 4.69) is 32.3 Å². The number of unbranched alkanes of at least 4 members (excludes halogenated alkanes) is 1. The standard InChI is InChI=1S/C11H13N7/c1-2-3-4-18-6-13-10-7(9(18)12)5-8-11(14-10)16-17-15-8/h5-6H,2-4,12H2,1H3. The minimum absolute atomic E-state index is 0.501. The Balaban J connectivity index is 2.19. The lowest BCUT2D eigenvalue weighted by molar-refractivity contribution is 0.630. The molecule has 0 atom stereocenters.